The van der Waals surface area contributed by atoms with E-state index >= 15 is 0 Å². The third-order valence-corrected chi connectivity index (χ3v) is 5.99. The predicted octanol–water partition coefficient (Wildman–Crippen LogP) is 4.72. The Bertz CT molecular complexity index is 1150. The first-order chi connectivity index (χ1) is 14.9. The summed E-state index contributed by atoms with van der Waals surface area (Å²) < 4.78 is 0. The molecule has 1 N–H and O–H groups in total. The summed E-state index contributed by atoms with van der Waals surface area (Å²) in [6.07, 6.45) is 1.83. The number of allylic oxidation sites excluding steroid dienone is 1. The van der Waals surface area contributed by atoms with Crippen LogP contribution in [0, 0.1) is 23.0 Å². The monoisotopic (exact) mass is 417 g/mol. The van der Waals surface area contributed by atoms with Crippen LogP contribution < -0.4 is 5.32 Å². The number of aryl methyl sites for hydroxylation is 1. The Kier molecular flexibility index (Phi) is 5.50. The Balaban J connectivity index is 1.83. The van der Waals surface area contributed by atoms with Crippen molar-refractivity contribution in [2.24, 2.45) is 10.9 Å². The molecule has 1 heterocycles. The predicted molar refractivity (Wildman–Crippen MR) is 118 cm³/mol. The Labute approximate surface area is 180 Å². The number of rotatable bonds is 4. The Morgan fingerprint density at radius 1 is 1.10 bits per heavy atom. The van der Waals surface area contributed by atoms with E-state index in [1.54, 1.807) is 19.1 Å². The first-order valence-corrected chi connectivity index (χ1v) is 10.3. The van der Waals surface area contributed by atoms with Gasteiger partial charge in [0.05, 0.1) is 10.8 Å². The van der Waals surface area contributed by atoms with Crippen LogP contribution in [0.25, 0.3) is 0 Å². The number of Topliss-reactive ketones (excluding diaryl/α,β-unsaturated/α-hetero) is 1. The van der Waals surface area contributed by atoms with Crippen molar-refractivity contribution in [3.05, 3.63) is 81.0 Å². The Hall–Kier alpha value is -3.61. The lowest BCUT2D eigenvalue weighted by molar-refractivity contribution is -0.384. The van der Waals surface area contributed by atoms with Crippen LogP contribution in [-0.4, -0.2) is 22.3 Å². The van der Waals surface area contributed by atoms with Crippen molar-refractivity contribution >= 4 is 28.8 Å². The number of nitrogens with zero attached hydrogens (tertiary/aromatic N) is 2. The zero-order valence-corrected chi connectivity index (χ0v) is 17.4. The van der Waals surface area contributed by atoms with Crippen LogP contribution in [0.3, 0.4) is 0 Å². The number of nitrogens with one attached hydrogen (secondary N) is 1. The number of carbonyl (C=O) groups excluding carboxylic acids is 2. The van der Waals surface area contributed by atoms with Gasteiger partial charge in [0.2, 0.25) is 0 Å². The number of fused-ring (bicyclic) bond motifs is 1. The summed E-state index contributed by atoms with van der Waals surface area (Å²) in [7, 11) is 0. The van der Waals surface area contributed by atoms with E-state index in [1.807, 2.05) is 31.2 Å². The molecular formula is C24H23N3O4. The molecule has 0 aromatic heterocycles. The summed E-state index contributed by atoms with van der Waals surface area (Å²) in [5.74, 6) is -1.50. The summed E-state index contributed by atoms with van der Waals surface area (Å²) in [5.41, 5.74) is 3.79. The maximum absolute atomic E-state index is 13.4. The third kappa shape index (κ3) is 3.91. The van der Waals surface area contributed by atoms with Crippen LogP contribution in [-0.2, 0) is 9.59 Å². The van der Waals surface area contributed by atoms with Crippen molar-refractivity contribution in [2.45, 2.75) is 39.0 Å². The number of nitro groups is 1. The molecule has 2 aromatic carbocycles. The van der Waals surface area contributed by atoms with Gasteiger partial charge in [0.15, 0.2) is 0 Å². The maximum atomic E-state index is 13.4. The van der Waals surface area contributed by atoms with Gasteiger partial charge in [0.25, 0.3) is 11.6 Å². The molecule has 158 valence electrons. The van der Waals surface area contributed by atoms with Gasteiger partial charge in [0, 0.05) is 47.1 Å². The summed E-state index contributed by atoms with van der Waals surface area (Å²) in [5, 5.41) is 14.3. The quantitative estimate of drug-likeness (QED) is 0.574. The van der Waals surface area contributed by atoms with E-state index in [0.717, 1.165) is 17.7 Å². The smallest absolute Gasteiger partial charge is 0.269 e. The zero-order chi connectivity index (χ0) is 22.1. The number of anilines is 1. The number of amides is 1. The molecule has 4 rings (SSSR count). The largest absolute Gasteiger partial charge is 0.322 e. The van der Waals surface area contributed by atoms with E-state index in [4.69, 9.17) is 0 Å². The number of ketones is 1. The third-order valence-electron chi connectivity index (χ3n) is 5.99. The highest BCUT2D eigenvalue weighted by Crippen LogP contribution is 2.43. The van der Waals surface area contributed by atoms with Crippen molar-refractivity contribution in [2.75, 3.05) is 5.32 Å². The maximum Gasteiger partial charge on any atom is 0.269 e. The van der Waals surface area contributed by atoms with E-state index < -0.39 is 16.8 Å². The van der Waals surface area contributed by atoms with Crippen LogP contribution in [0.5, 0.6) is 0 Å². The van der Waals surface area contributed by atoms with E-state index in [2.05, 4.69) is 10.3 Å². The number of non-ortho nitro benzene ring substituents is 1. The zero-order valence-electron chi connectivity index (χ0n) is 17.4. The molecule has 0 bridgehead atoms. The highest BCUT2D eigenvalue weighted by molar-refractivity contribution is 6.14. The number of nitro benzene ring substituents is 1. The second kappa shape index (κ2) is 8.26. The van der Waals surface area contributed by atoms with E-state index in [0.29, 0.717) is 35.4 Å². The molecule has 2 atom stereocenters. The van der Waals surface area contributed by atoms with E-state index in [1.165, 1.54) is 12.1 Å². The number of aliphatic imine (C=N–C) groups is 1. The van der Waals surface area contributed by atoms with Crippen LogP contribution in [0.1, 0.15) is 43.2 Å². The fourth-order valence-corrected chi connectivity index (χ4v) is 4.51. The molecule has 7 nitrogen and oxygen atoms in total. The van der Waals surface area contributed by atoms with Gasteiger partial charge in [-0.15, -0.1) is 0 Å². The minimum Gasteiger partial charge on any atom is -0.322 e. The first-order valence-electron chi connectivity index (χ1n) is 10.3. The van der Waals surface area contributed by atoms with Gasteiger partial charge in [-0.05, 0) is 43.9 Å². The standard InChI is InChI=1S/C24H23N3O4/c1-14-7-3-4-10-18(14)26-24(29)21-15(2)25-19-11-6-12-20(28)23(19)22(21)16-8-5-9-17(13-16)27(30)31/h3-5,7-10,13,22-23H,6,11-12H2,1-2H3,(H,26,29). The second-order valence-corrected chi connectivity index (χ2v) is 8.00. The average molecular weight is 417 g/mol. The fourth-order valence-electron chi connectivity index (χ4n) is 4.51. The van der Waals surface area contributed by atoms with Gasteiger partial charge in [0.1, 0.15) is 5.78 Å². The molecule has 0 saturated heterocycles. The number of carbonyl (C=O) groups is 2. The van der Waals surface area contributed by atoms with Crippen LogP contribution >= 0.6 is 0 Å². The summed E-state index contributed by atoms with van der Waals surface area (Å²) >= 11 is 0. The number of para-hydroxylation sites is 1. The van der Waals surface area contributed by atoms with Gasteiger partial charge in [-0.2, -0.15) is 0 Å². The van der Waals surface area contributed by atoms with Gasteiger partial charge in [-0.3, -0.25) is 24.7 Å². The van der Waals surface area contributed by atoms with Crippen molar-refractivity contribution in [3.8, 4) is 0 Å². The molecular weight excluding hydrogens is 394 g/mol. The van der Waals surface area contributed by atoms with Gasteiger partial charge in [-0.1, -0.05) is 30.3 Å². The number of hydrogen-bond donors (Lipinski definition) is 1. The number of hydrogen-bond acceptors (Lipinski definition) is 5. The lowest BCUT2D eigenvalue weighted by atomic mass is 9.69. The van der Waals surface area contributed by atoms with Crippen molar-refractivity contribution in [1.29, 1.82) is 0 Å². The van der Waals surface area contributed by atoms with Crippen molar-refractivity contribution in [1.82, 2.24) is 0 Å². The van der Waals surface area contributed by atoms with E-state index in [9.17, 15) is 19.7 Å². The Morgan fingerprint density at radius 2 is 1.87 bits per heavy atom. The van der Waals surface area contributed by atoms with Gasteiger partial charge < -0.3 is 5.32 Å². The van der Waals surface area contributed by atoms with Gasteiger partial charge in [-0.25, -0.2) is 0 Å². The minimum atomic E-state index is -0.607. The molecule has 1 aliphatic heterocycles. The molecule has 2 aromatic rings. The van der Waals surface area contributed by atoms with Crippen molar-refractivity contribution < 1.29 is 14.5 Å². The summed E-state index contributed by atoms with van der Waals surface area (Å²) in [4.78, 5) is 41.9. The highest BCUT2D eigenvalue weighted by Gasteiger charge is 2.43. The molecule has 2 unspecified atom stereocenters. The van der Waals surface area contributed by atoms with Crippen molar-refractivity contribution in [3.63, 3.8) is 0 Å². The molecule has 0 radical (unpaired) electrons. The molecule has 1 amide bonds. The highest BCUT2D eigenvalue weighted by atomic mass is 16.6. The molecule has 2 aliphatic rings. The normalized spacial score (nSPS) is 20.7. The minimum absolute atomic E-state index is 0.0233. The van der Waals surface area contributed by atoms with Crippen LogP contribution in [0.4, 0.5) is 11.4 Å². The SMILES string of the molecule is CC1=C(C(=O)Nc2ccccc2C)C(c2cccc([N+](=O)[O-])c2)C2C(=O)CCCC2=N1. The molecule has 1 aliphatic carbocycles. The lowest BCUT2D eigenvalue weighted by Crippen LogP contribution is -2.39. The Morgan fingerprint density at radius 3 is 2.61 bits per heavy atom. The van der Waals surface area contributed by atoms with Gasteiger partial charge >= 0.3 is 0 Å². The van der Waals surface area contributed by atoms with E-state index in [-0.39, 0.29) is 17.4 Å². The molecule has 1 fully saturated rings. The lowest BCUT2D eigenvalue weighted by Gasteiger charge is -2.35. The molecule has 7 heteroatoms. The second-order valence-electron chi connectivity index (χ2n) is 8.00. The molecule has 31 heavy (non-hydrogen) atoms. The topological polar surface area (TPSA) is 102 Å². The molecule has 0 spiro atoms. The average Bonchev–Trinajstić information content (AvgIpc) is 2.74. The van der Waals surface area contributed by atoms with Crippen LogP contribution in [0.2, 0.25) is 0 Å². The summed E-state index contributed by atoms with van der Waals surface area (Å²) in [6, 6.07) is 13.7. The summed E-state index contributed by atoms with van der Waals surface area (Å²) in [6.45, 7) is 3.66. The molecule has 1 saturated carbocycles. The fraction of sp³-hybridized carbons (Fsp3) is 0.292. The number of benzene rings is 2. The first kappa shape index (κ1) is 20.7. The van der Waals surface area contributed by atoms with Crippen LogP contribution in [0.15, 0.2) is 64.8 Å².